The normalized spacial score (nSPS) is 19.6. The molecule has 1 saturated carbocycles. The van der Waals surface area contributed by atoms with Crippen LogP contribution in [0.15, 0.2) is 42.9 Å². The van der Waals surface area contributed by atoms with Crippen molar-refractivity contribution in [2.75, 3.05) is 11.4 Å². The number of amides is 2. The first-order valence-corrected chi connectivity index (χ1v) is 11.6. The first-order chi connectivity index (χ1) is 16.8. The van der Waals surface area contributed by atoms with Gasteiger partial charge in [0.25, 0.3) is 5.91 Å². The van der Waals surface area contributed by atoms with Crippen molar-refractivity contribution in [3.63, 3.8) is 0 Å². The number of aromatic nitrogens is 3. The van der Waals surface area contributed by atoms with Crippen molar-refractivity contribution >= 4 is 17.5 Å². The molecule has 5 rings (SSSR count). The van der Waals surface area contributed by atoms with Gasteiger partial charge in [-0.3, -0.25) is 9.59 Å². The van der Waals surface area contributed by atoms with Crippen LogP contribution < -0.4 is 10.2 Å². The Bertz CT molecular complexity index is 1370. The lowest BCUT2D eigenvalue weighted by atomic mass is 9.83. The second-order valence-electron chi connectivity index (χ2n) is 9.34. The van der Waals surface area contributed by atoms with Gasteiger partial charge >= 0.3 is 0 Å². The average molecular weight is 473 g/mol. The SMILES string of the molecule is Cc1cn(-c2cc(F)cc(CNC(=O)c3cc(N4CC[C@@](C#N)(C5CC5)C4=O)cc(C)n3)c2)cn1. The third kappa shape index (κ3) is 4.28. The van der Waals surface area contributed by atoms with Gasteiger partial charge in [-0.1, -0.05) is 0 Å². The van der Waals surface area contributed by atoms with Crippen LogP contribution >= 0.6 is 0 Å². The Hall–Kier alpha value is -4.06. The summed E-state index contributed by atoms with van der Waals surface area (Å²) >= 11 is 0. The topological polar surface area (TPSA) is 104 Å². The molecule has 0 radical (unpaired) electrons. The number of imidazole rings is 1. The predicted molar refractivity (Wildman–Crippen MR) is 126 cm³/mol. The molecule has 2 fully saturated rings. The maximum absolute atomic E-state index is 14.2. The predicted octanol–water partition coefficient (Wildman–Crippen LogP) is 3.61. The Morgan fingerprint density at radius 3 is 2.69 bits per heavy atom. The first kappa shape index (κ1) is 22.7. The number of carbonyl (C=O) groups excluding carboxylic acids is 2. The smallest absolute Gasteiger partial charge is 0.270 e. The van der Waals surface area contributed by atoms with E-state index in [1.54, 1.807) is 47.1 Å². The third-order valence-electron chi connectivity index (χ3n) is 6.72. The molecule has 3 heterocycles. The van der Waals surface area contributed by atoms with Crippen LogP contribution in [0, 0.1) is 42.3 Å². The van der Waals surface area contributed by atoms with Crippen molar-refractivity contribution in [1.82, 2.24) is 19.9 Å². The van der Waals surface area contributed by atoms with Crippen LogP contribution in [0.2, 0.25) is 0 Å². The number of pyridine rings is 1. The molecular formula is C26H25FN6O2. The molecule has 178 valence electrons. The molecule has 2 amide bonds. The molecule has 9 heteroatoms. The number of halogens is 1. The standard InChI is InChI=1S/C26H25FN6O2/c1-16-7-22(33-6-5-26(14-28,25(33)35)19-3-4-19)11-23(31-16)24(34)29-12-18-8-20(27)10-21(9-18)32-13-17(2)30-15-32/h7-11,13,15,19H,3-6,12H2,1-2H3,(H,29,34)/t26-/m1/s1. The van der Waals surface area contributed by atoms with Gasteiger partial charge in [-0.05, 0) is 74.9 Å². The van der Waals surface area contributed by atoms with Crippen LogP contribution in [0.1, 0.15) is 46.7 Å². The highest BCUT2D eigenvalue weighted by Gasteiger charge is 2.56. The molecule has 0 unspecified atom stereocenters. The molecule has 35 heavy (non-hydrogen) atoms. The molecule has 2 aliphatic rings. The Morgan fingerprint density at radius 1 is 1.20 bits per heavy atom. The van der Waals surface area contributed by atoms with Crippen LogP contribution in [0.3, 0.4) is 0 Å². The van der Waals surface area contributed by atoms with E-state index in [1.807, 2.05) is 6.92 Å². The second-order valence-corrected chi connectivity index (χ2v) is 9.34. The number of anilines is 1. The van der Waals surface area contributed by atoms with Gasteiger partial charge in [0.1, 0.15) is 16.9 Å². The number of rotatable bonds is 6. The number of carbonyl (C=O) groups is 2. The van der Waals surface area contributed by atoms with Crippen LogP contribution in [-0.4, -0.2) is 32.9 Å². The molecule has 1 N–H and O–H groups in total. The zero-order valence-corrected chi connectivity index (χ0v) is 19.6. The van der Waals surface area contributed by atoms with Crippen LogP contribution in [0.5, 0.6) is 0 Å². The van der Waals surface area contributed by atoms with Crippen LogP contribution in [0.25, 0.3) is 5.69 Å². The van der Waals surface area contributed by atoms with Crippen molar-refractivity contribution in [3.05, 3.63) is 71.3 Å². The highest BCUT2D eigenvalue weighted by Crippen LogP contribution is 2.51. The summed E-state index contributed by atoms with van der Waals surface area (Å²) in [5.74, 6) is -0.919. The lowest BCUT2D eigenvalue weighted by Gasteiger charge is -2.21. The highest BCUT2D eigenvalue weighted by molar-refractivity contribution is 6.03. The van der Waals surface area contributed by atoms with E-state index in [9.17, 15) is 19.2 Å². The van der Waals surface area contributed by atoms with Crippen molar-refractivity contribution in [1.29, 1.82) is 5.26 Å². The van der Waals surface area contributed by atoms with E-state index in [0.717, 1.165) is 18.5 Å². The molecule has 3 aromatic rings. The summed E-state index contributed by atoms with van der Waals surface area (Å²) in [4.78, 5) is 36.2. The minimum absolute atomic E-state index is 0.101. The maximum atomic E-state index is 14.2. The van der Waals surface area contributed by atoms with Gasteiger partial charge in [0.15, 0.2) is 0 Å². The fraction of sp³-hybridized carbons (Fsp3) is 0.346. The lowest BCUT2D eigenvalue weighted by Crippen LogP contribution is -2.35. The van der Waals surface area contributed by atoms with E-state index in [0.29, 0.717) is 35.6 Å². The Balaban J connectivity index is 1.33. The van der Waals surface area contributed by atoms with Gasteiger partial charge in [0.05, 0.1) is 18.1 Å². The van der Waals surface area contributed by atoms with Crippen molar-refractivity contribution in [2.45, 2.75) is 39.7 Å². The highest BCUT2D eigenvalue weighted by atomic mass is 19.1. The summed E-state index contributed by atoms with van der Waals surface area (Å²) in [6.45, 7) is 4.14. The first-order valence-electron chi connectivity index (χ1n) is 11.6. The molecule has 8 nitrogen and oxygen atoms in total. The van der Waals surface area contributed by atoms with Gasteiger partial charge in [0, 0.05) is 36.4 Å². The second kappa shape index (κ2) is 8.62. The number of benzene rings is 1. The number of nitriles is 1. The number of hydrogen-bond acceptors (Lipinski definition) is 5. The Morgan fingerprint density at radius 2 is 2.00 bits per heavy atom. The number of aryl methyl sites for hydroxylation is 2. The zero-order valence-electron chi connectivity index (χ0n) is 19.6. The minimum atomic E-state index is -0.956. The quantitative estimate of drug-likeness (QED) is 0.590. The Labute approximate surface area is 202 Å². The van der Waals surface area contributed by atoms with Crippen LogP contribution in [-0.2, 0) is 11.3 Å². The van der Waals surface area contributed by atoms with Gasteiger partial charge in [-0.2, -0.15) is 5.26 Å². The largest absolute Gasteiger partial charge is 0.347 e. The number of hydrogen-bond donors (Lipinski definition) is 1. The van der Waals surface area contributed by atoms with Crippen molar-refractivity contribution in [2.24, 2.45) is 11.3 Å². The third-order valence-corrected chi connectivity index (χ3v) is 6.72. The fourth-order valence-corrected chi connectivity index (χ4v) is 4.78. The van der Waals surface area contributed by atoms with Gasteiger partial charge in [-0.15, -0.1) is 0 Å². The summed E-state index contributed by atoms with van der Waals surface area (Å²) in [7, 11) is 0. The maximum Gasteiger partial charge on any atom is 0.270 e. The van der Waals surface area contributed by atoms with E-state index in [2.05, 4.69) is 21.4 Å². The summed E-state index contributed by atoms with van der Waals surface area (Å²) in [5.41, 5.74) is 2.36. The van der Waals surface area contributed by atoms with Gasteiger partial charge in [0.2, 0.25) is 5.91 Å². The van der Waals surface area contributed by atoms with Gasteiger partial charge < -0.3 is 14.8 Å². The van der Waals surface area contributed by atoms with E-state index in [1.165, 1.54) is 12.1 Å². The van der Waals surface area contributed by atoms with E-state index in [-0.39, 0.29) is 24.1 Å². The van der Waals surface area contributed by atoms with Crippen molar-refractivity contribution in [3.8, 4) is 11.8 Å². The Kier molecular flexibility index (Phi) is 5.59. The molecular weight excluding hydrogens is 447 g/mol. The van der Waals surface area contributed by atoms with E-state index in [4.69, 9.17) is 0 Å². The molecule has 2 aromatic heterocycles. The van der Waals surface area contributed by atoms with Crippen molar-refractivity contribution < 1.29 is 14.0 Å². The average Bonchev–Trinajstić information content (AvgIpc) is 3.50. The monoisotopic (exact) mass is 472 g/mol. The fourth-order valence-electron chi connectivity index (χ4n) is 4.78. The minimum Gasteiger partial charge on any atom is -0.347 e. The van der Waals surface area contributed by atoms with E-state index < -0.39 is 17.1 Å². The molecule has 0 spiro atoms. The molecule has 1 aromatic carbocycles. The zero-order chi connectivity index (χ0) is 24.7. The summed E-state index contributed by atoms with van der Waals surface area (Å²) < 4.78 is 15.9. The van der Waals surface area contributed by atoms with Gasteiger partial charge in [-0.25, -0.2) is 14.4 Å². The summed E-state index contributed by atoms with van der Waals surface area (Å²) in [5, 5.41) is 12.5. The summed E-state index contributed by atoms with van der Waals surface area (Å²) in [6, 6.07) is 10.2. The molecule has 1 aliphatic heterocycles. The number of nitrogens with one attached hydrogen (secondary N) is 1. The molecule has 1 aliphatic carbocycles. The molecule has 1 saturated heterocycles. The lowest BCUT2D eigenvalue weighted by molar-refractivity contribution is -0.123. The number of nitrogens with zero attached hydrogens (tertiary/aromatic N) is 5. The van der Waals surface area contributed by atoms with Crippen LogP contribution in [0.4, 0.5) is 10.1 Å². The molecule has 1 atom stereocenters. The summed E-state index contributed by atoms with van der Waals surface area (Å²) in [6.07, 6.45) is 5.69. The molecule has 0 bridgehead atoms. The van der Waals surface area contributed by atoms with E-state index >= 15 is 0 Å².